The molecule has 3 heteroatoms. The van der Waals surface area contributed by atoms with Gasteiger partial charge >= 0.3 is 0 Å². The van der Waals surface area contributed by atoms with E-state index in [9.17, 15) is 0 Å². The van der Waals surface area contributed by atoms with Crippen molar-refractivity contribution in [3.05, 3.63) is 12.2 Å². The van der Waals surface area contributed by atoms with Crippen LogP contribution in [0.5, 0.6) is 0 Å². The highest BCUT2D eigenvalue weighted by atomic mass is 16.3. The maximum absolute atomic E-state index is 9.17. The molecule has 0 aromatic rings. The van der Waals surface area contributed by atoms with Gasteiger partial charge in [0, 0.05) is 12.3 Å². The van der Waals surface area contributed by atoms with Crippen LogP contribution in [0.25, 0.3) is 0 Å². The molecule has 3 N–H and O–H groups in total. The van der Waals surface area contributed by atoms with Crippen molar-refractivity contribution in [3.63, 3.8) is 0 Å². The van der Waals surface area contributed by atoms with Crippen LogP contribution in [-0.4, -0.2) is 34.1 Å². The molecule has 1 aliphatic rings. The van der Waals surface area contributed by atoms with Gasteiger partial charge in [0.25, 0.3) is 0 Å². The largest absolute Gasteiger partial charge is 0.396 e. The van der Waals surface area contributed by atoms with Crippen LogP contribution in [0.15, 0.2) is 12.2 Å². The van der Waals surface area contributed by atoms with E-state index in [2.05, 4.69) is 0 Å². The second kappa shape index (κ2) is 3.14. The zero-order chi connectivity index (χ0) is 7.56. The van der Waals surface area contributed by atoms with Crippen LogP contribution < -0.4 is 0 Å². The Kier molecular flexibility index (Phi) is 2.43. The van der Waals surface area contributed by atoms with Gasteiger partial charge in [0.15, 0.2) is 0 Å². The van der Waals surface area contributed by atoms with Crippen LogP contribution in [0.2, 0.25) is 0 Å². The molecule has 0 spiro atoms. The monoisotopic (exact) mass is 144 g/mol. The molecule has 0 aliphatic heterocycles. The summed E-state index contributed by atoms with van der Waals surface area (Å²) < 4.78 is 0. The minimum absolute atomic E-state index is 0.0512. The number of aliphatic hydroxyl groups is 3. The van der Waals surface area contributed by atoms with Gasteiger partial charge < -0.3 is 15.3 Å². The van der Waals surface area contributed by atoms with Crippen LogP contribution in [-0.2, 0) is 0 Å². The molecular weight excluding hydrogens is 132 g/mol. The van der Waals surface area contributed by atoms with Gasteiger partial charge in [-0.15, -0.1) is 0 Å². The van der Waals surface area contributed by atoms with E-state index in [1.54, 1.807) is 12.2 Å². The van der Waals surface area contributed by atoms with Gasteiger partial charge in [0.1, 0.15) is 0 Å². The van der Waals surface area contributed by atoms with Gasteiger partial charge in [-0.05, 0) is 0 Å². The fourth-order valence-electron chi connectivity index (χ4n) is 1.08. The smallest absolute Gasteiger partial charge is 0.0745 e. The zero-order valence-corrected chi connectivity index (χ0v) is 5.64. The summed E-state index contributed by atoms with van der Waals surface area (Å²) in [4.78, 5) is 0. The van der Waals surface area contributed by atoms with Crippen LogP contribution in [0.4, 0.5) is 0 Å². The third-order valence-corrected chi connectivity index (χ3v) is 1.77. The molecule has 0 saturated heterocycles. The lowest BCUT2D eigenvalue weighted by Gasteiger charge is -2.23. The van der Waals surface area contributed by atoms with Gasteiger partial charge in [-0.2, -0.15) is 0 Å². The summed E-state index contributed by atoms with van der Waals surface area (Å²) in [5.41, 5.74) is 0. The van der Waals surface area contributed by atoms with E-state index in [0.717, 1.165) is 0 Å². The predicted molar refractivity (Wildman–Crippen MR) is 36.3 cm³/mol. The topological polar surface area (TPSA) is 60.7 Å². The maximum atomic E-state index is 9.17. The molecule has 0 aromatic heterocycles. The molecule has 0 amide bonds. The molecule has 0 radical (unpaired) electrons. The Morgan fingerprint density at radius 3 is 2.50 bits per heavy atom. The Morgan fingerprint density at radius 2 is 2.00 bits per heavy atom. The zero-order valence-electron chi connectivity index (χ0n) is 5.64. The molecule has 3 nitrogen and oxygen atoms in total. The van der Waals surface area contributed by atoms with E-state index in [1.165, 1.54) is 0 Å². The lowest BCUT2D eigenvalue weighted by molar-refractivity contribution is 0.0426. The van der Waals surface area contributed by atoms with Crippen LogP contribution >= 0.6 is 0 Å². The number of rotatable bonds is 1. The first-order valence-electron chi connectivity index (χ1n) is 3.39. The molecule has 0 saturated carbocycles. The molecule has 1 rings (SSSR count). The molecule has 1 aliphatic carbocycles. The summed E-state index contributed by atoms with van der Waals surface area (Å²) in [5, 5.41) is 26.8. The van der Waals surface area contributed by atoms with E-state index < -0.39 is 12.2 Å². The van der Waals surface area contributed by atoms with Gasteiger partial charge in [0.05, 0.1) is 18.8 Å². The van der Waals surface area contributed by atoms with Crippen LogP contribution in [0.1, 0.15) is 6.42 Å². The molecule has 58 valence electrons. The lowest BCUT2D eigenvalue weighted by Crippen LogP contribution is -2.29. The fraction of sp³-hybridized carbons (Fsp3) is 0.714. The normalized spacial score (nSPS) is 40.1. The van der Waals surface area contributed by atoms with Crippen molar-refractivity contribution in [2.75, 3.05) is 6.61 Å². The maximum Gasteiger partial charge on any atom is 0.0745 e. The summed E-state index contributed by atoms with van der Waals surface area (Å²) in [5.74, 6) is -0.191. The van der Waals surface area contributed by atoms with Crippen molar-refractivity contribution >= 4 is 0 Å². The first kappa shape index (κ1) is 7.72. The molecule has 10 heavy (non-hydrogen) atoms. The quantitative estimate of drug-likeness (QED) is 0.425. The number of aliphatic hydroxyl groups excluding tert-OH is 3. The van der Waals surface area contributed by atoms with E-state index >= 15 is 0 Å². The van der Waals surface area contributed by atoms with Crippen LogP contribution in [0, 0.1) is 5.92 Å². The lowest BCUT2D eigenvalue weighted by atomic mass is 9.92. The third-order valence-electron chi connectivity index (χ3n) is 1.77. The molecule has 0 fully saturated rings. The number of hydrogen-bond acceptors (Lipinski definition) is 3. The van der Waals surface area contributed by atoms with E-state index in [4.69, 9.17) is 15.3 Å². The first-order chi connectivity index (χ1) is 4.74. The van der Waals surface area contributed by atoms with E-state index in [-0.39, 0.29) is 12.5 Å². The first-order valence-corrected chi connectivity index (χ1v) is 3.39. The second-order valence-electron chi connectivity index (χ2n) is 2.60. The molecular formula is C7H12O3. The highest BCUT2D eigenvalue weighted by Crippen LogP contribution is 2.17. The third kappa shape index (κ3) is 1.56. The standard InChI is InChI=1S/C7H12O3/c8-4-5-1-2-6(9)3-7(5)10/h1-2,5-10H,3-4H2/t5-,6-,7+/m0/s1. The Balaban J connectivity index is 2.53. The summed E-state index contributed by atoms with van der Waals surface area (Å²) in [6.45, 7) is -0.0512. The number of hydrogen-bond donors (Lipinski definition) is 3. The SMILES string of the molecule is OC[C@@H]1C=C[C@H](O)C[C@H]1O. The Bertz CT molecular complexity index is 133. The molecule has 0 aromatic carbocycles. The summed E-state index contributed by atoms with van der Waals surface area (Å²) in [7, 11) is 0. The molecule has 3 atom stereocenters. The van der Waals surface area contributed by atoms with Gasteiger partial charge in [-0.3, -0.25) is 0 Å². The average Bonchev–Trinajstić information content (AvgIpc) is 1.88. The van der Waals surface area contributed by atoms with Crippen molar-refractivity contribution in [1.29, 1.82) is 0 Å². The van der Waals surface area contributed by atoms with Gasteiger partial charge in [-0.1, -0.05) is 12.2 Å². The van der Waals surface area contributed by atoms with Gasteiger partial charge in [-0.25, -0.2) is 0 Å². The van der Waals surface area contributed by atoms with Crippen molar-refractivity contribution in [2.24, 2.45) is 5.92 Å². The Hall–Kier alpha value is -0.380. The minimum atomic E-state index is -0.593. The Labute approximate surface area is 59.6 Å². The van der Waals surface area contributed by atoms with E-state index in [0.29, 0.717) is 6.42 Å². The highest BCUT2D eigenvalue weighted by molar-refractivity contribution is 5.01. The molecule has 0 bridgehead atoms. The summed E-state index contributed by atoms with van der Waals surface area (Å²) in [6, 6.07) is 0. The highest BCUT2D eigenvalue weighted by Gasteiger charge is 2.22. The van der Waals surface area contributed by atoms with Crippen molar-refractivity contribution in [2.45, 2.75) is 18.6 Å². The van der Waals surface area contributed by atoms with Crippen molar-refractivity contribution in [3.8, 4) is 0 Å². The Morgan fingerprint density at radius 1 is 1.30 bits per heavy atom. The summed E-state index contributed by atoms with van der Waals surface area (Å²) >= 11 is 0. The van der Waals surface area contributed by atoms with Crippen molar-refractivity contribution in [1.82, 2.24) is 0 Å². The van der Waals surface area contributed by atoms with Crippen LogP contribution in [0.3, 0.4) is 0 Å². The second-order valence-corrected chi connectivity index (χ2v) is 2.60. The average molecular weight is 144 g/mol. The molecule has 0 unspecified atom stereocenters. The predicted octanol–water partition coefficient (Wildman–Crippen LogP) is -0.723. The molecule has 0 heterocycles. The van der Waals surface area contributed by atoms with E-state index in [1.807, 2.05) is 0 Å². The minimum Gasteiger partial charge on any atom is -0.396 e. The van der Waals surface area contributed by atoms with Crippen molar-refractivity contribution < 1.29 is 15.3 Å². The van der Waals surface area contributed by atoms with Gasteiger partial charge in [0.2, 0.25) is 0 Å². The summed E-state index contributed by atoms with van der Waals surface area (Å²) in [6.07, 6.45) is 2.46. The fourth-order valence-corrected chi connectivity index (χ4v) is 1.08.